The van der Waals surface area contributed by atoms with Crippen LogP contribution in [0.1, 0.15) is 76.1 Å². The SMILES string of the molecule is C=CCOc1ccccc1CC(=O)NCc1cc2nc(C)c([C@H](OC(C)(C)C)C(=O)OCC)c(N3CCC(C)(OCC=C)CC3)n2n1. The highest BCUT2D eigenvalue weighted by Crippen LogP contribution is 2.38. The molecule has 0 aliphatic carbocycles. The molecule has 1 N–H and O–H groups in total. The molecule has 0 unspecified atom stereocenters. The summed E-state index contributed by atoms with van der Waals surface area (Å²) >= 11 is 0. The van der Waals surface area contributed by atoms with Gasteiger partial charge in [-0.2, -0.15) is 9.61 Å². The first-order chi connectivity index (χ1) is 22.4. The number of carbonyl (C=O) groups excluding carboxylic acids is 2. The second-order valence-corrected chi connectivity index (χ2v) is 12.9. The number of hydrogen-bond acceptors (Lipinski definition) is 9. The highest BCUT2D eigenvalue weighted by atomic mass is 16.6. The molecule has 3 heterocycles. The van der Waals surface area contributed by atoms with E-state index in [-0.39, 0.29) is 31.1 Å². The number of ether oxygens (including phenoxy) is 4. The first-order valence-electron chi connectivity index (χ1n) is 16.2. The normalized spacial score (nSPS) is 15.2. The third-order valence-electron chi connectivity index (χ3n) is 7.91. The molecule has 1 amide bonds. The van der Waals surface area contributed by atoms with Crippen LogP contribution in [0.3, 0.4) is 0 Å². The molecule has 0 bridgehead atoms. The van der Waals surface area contributed by atoms with Gasteiger partial charge < -0.3 is 29.2 Å². The summed E-state index contributed by atoms with van der Waals surface area (Å²) in [6, 6.07) is 9.30. The molecule has 0 saturated carbocycles. The van der Waals surface area contributed by atoms with Gasteiger partial charge in [-0.05, 0) is 60.5 Å². The molecular weight excluding hydrogens is 598 g/mol. The largest absolute Gasteiger partial charge is 0.489 e. The van der Waals surface area contributed by atoms with Crippen molar-refractivity contribution >= 4 is 23.3 Å². The molecule has 1 atom stereocenters. The number of rotatable bonds is 15. The number of benzene rings is 1. The molecule has 1 fully saturated rings. The summed E-state index contributed by atoms with van der Waals surface area (Å²) in [6.45, 7) is 21.5. The van der Waals surface area contributed by atoms with Crippen LogP contribution < -0.4 is 15.0 Å². The topological polar surface area (TPSA) is 117 Å². The van der Waals surface area contributed by atoms with Crippen LogP contribution in [0.25, 0.3) is 5.65 Å². The second-order valence-electron chi connectivity index (χ2n) is 12.9. The van der Waals surface area contributed by atoms with Crippen molar-refractivity contribution in [1.29, 1.82) is 0 Å². The first kappa shape index (κ1) is 35.6. The molecule has 0 spiro atoms. The van der Waals surface area contributed by atoms with Crippen LogP contribution in [-0.4, -0.2) is 70.6 Å². The Hall–Kier alpha value is -4.22. The predicted molar refractivity (Wildman–Crippen MR) is 182 cm³/mol. The van der Waals surface area contributed by atoms with Gasteiger partial charge in [0.05, 0.1) is 48.6 Å². The van der Waals surface area contributed by atoms with Crippen LogP contribution in [0, 0.1) is 6.92 Å². The first-order valence-corrected chi connectivity index (χ1v) is 16.2. The Morgan fingerprint density at radius 3 is 2.49 bits per heavy atom. The lowest BCUT2D eigenvalue weighted by atomic mass is 9.92. The maximum absolute atomic E-state index is 13.5. The van der Waals surface area contributed by atoms with Gasteiger partial charge in [0.1, 0.15) is 18.2 Å². The molecule has 1 saturated heterocycles. The van der Waals surface area contributed by atoms with E-state index in [2.05, 4.69) is 30.3 Å². The maximum Gasteiger partial charge on any atom is 0.340 e. The Bertz CT molecular complexity index is 1570. The van der Waals surface area contributed by atoms with E-state index in [9.17, 15) is 9.59 Å². The van der Waals surface area contributed by atoms with Gasteiger partial charge in [0.15, 0.2) is 11.8 Å². The molecule has 11 heteroatoms. The van der Waals surface area contributed by atoms with Gasteiger partial charge in [-0.1, -0.05) is 36.9 Å². The molecule has 1 aliphatic heterocycles. The van der Waals surface area contributed by atoms with Gasteiger partial charge in [0, 0.05) is 30.4 Å². The minimum absolute atomic E-state index is 0.152. The molecule has 4 rings (SSSR count). The number of amides is 1. The molecule has 47 heavy (non-hydrogen) atoms. The number of aromatic nitrogens is 3. The summed E-state index contributed by atoms with van der Waals surface area (Å²) in [5, 5.41) is 7.89. The van der Waals surface area contributed by atoms with Crippen molar-refractivity contribution in [3.63, 3.8) is 0 Å². The summed E-state index contributed by atoms with van der Waals surface area (Å²) in [5.41, 5.74) is 2.30. The Kier molecular flexibility index (Phi) is 11.8. The Morgan fingerprint density at radius 2 is 1.83 bits per heavy atom. The smallest absolute Gasteiger partial charge is 0.340 e. The fraction of sp³-hybridized carbons (Fsp3) is 0.500. The van der Waals surface area contributed by atoms with Crippen molar-refractivity contribution in [3.8, 4) is 5.75 Å². The lowest BCUT2D eigenvalue weighted by molar-refractivity contribution is -0.167. The zero-order chi connectivity index (χ0) is 34.2. The monoisotopic (exact) mass is 647 g/mol. The van der Waals surface area contributed by atoms with Crippen molar-refractivity contribution in [2.45, 2.75) is 84.7 Å². The summed E-state index contributed by atoms with van der Waals surface area (Å²) in [5.74, 6) is 0.707. The molecule has 0 radical (unpaired) electrons. The van der Waals surface area contributed by atoms with E-state index >= 15 is 0 Å². The van der Waals surface area contributed by atoms with Gasteiger partial charge in [-0.15, -0.1) is 6.58 Å². The molecule has 254 valence electrons. The number of carbonyl (C=O) groups is 2. The van der Waals surface area contributed by atoms with Crippen LogP contribution in [0.2, 0.25) is 0 Å². The number of nitrogens with one attached hydrogen (secondary N) is 1. The molecule has 1 aliphatic rings. The van der Waals surface area contributed by atoms with Gasteiger partial charge in [-0.25, -0.2) is 9.78 Å². The second kappa shape index (κ2) is 15.6. The Balaban J connectivity index is 1.69. The maximum atomic E-state index is 13.5. The van der Waals surface area contributed by atoms with Crippen LogP contribution in [0.15, 0.2) is 55.6 Å². The standard InChI is InChI=1S/C36H49N5O6/c1-9-20-45-28-15-13-12-14-26(28)22-30(42)37-24-27-23-29-38-25(4)31(32(34(43)44-11-3)47-35(5,6)7)33(41(29)39-27)40-18-16-36(8,17-19-40)46-21-10-2/h9-10,12-15,23,32H,1-2,11,16-22,24H2,3-8H3,(H,37,42)/t32-/m0/s1. The van der Waals surface area contributed by atoms with Crippen molar-refractivity contribution < 1.29 is 28.5 Å². The number of para-hydroxylation sites is 1. The minimum atomic E-state index is -1.03. The minimum Gasteiger partial charge on any atom is -0.489 e. The van der Waals surface area contributed by atoms with E-state index in [1.807, 2.05) is 58.0 Å². The van der Waals surface area contributed by atoms with Crippen LogP contribution in [0.4, 0.5) is 5.82 Å². The van der Waals surface area contributed by atoms with E-state index in [1.54, 1.807) is 23.6 Å². The lowest BCUT2D eigenvalue weighted by Gasteiger charge is -2.41. The number of hydrogen-bond donors (Lipinski definition) is 1. The van der Waals surface area contributed by atoms with E-state index < -0.39 is 17.7 Å². The van der Waals surface area contributed by atoms with Crippen molar-refractivity contribution in [3.05, 3.63) is 78.2 Å². The third kappa shape index (κ3) is 9.20. The van der Waals surface area contributed by atoms with Gasteiger partial charge in [0.25, 0.3) is 0 Å². The molecule has 2 aromatic heterocycles. The quantitative estimate of drug-likeness (QED) is 0.170. The van der Waals surface area contributed by atoms with Gasteiger partial charge >= 0.3 is 5.97 Å². The van der Waals surface area contributed by atoms with E-state index in [4.69, 9.17) is 29.0 Å². The highest BCUT2D eigenvalue weighted by Gasteiger charge is 2.38. The third-order valence-corrected chi connectivity index (χ3v) is 7.91. The number of fused-ring (bicyclic) bond motifs is 1. The summed E-state index contributed by atoms with van der Waals surface area (Å²) in [7, 11) is 0. The number of aryl methyl sites for hydroxylation is 1. The zero-order valence-corrected chi connectivity index (χ0v) is 28.6. The fourth-order valence-corrected chi connectivity index (χ4v) is 5.62. The number of piperidine rings is 1. The average Bonchev–Trinajstić information content (AvgIpc) is 3.43. The van der Waals surface area contributed by atoms with Crippen LogP contribution >= 0.6 is 0 Å². The van der Waals surface area contributed by atoms with E-state index in [1.165, 1.54) is 0 Å². The predicted octanol–water partition coefficient (Wildman–Crippen LogP) is 5.44. The van der Waals surface area contributed by atoms with Gasteiger partial charge in [-0.3, -0.25) is 4.79 Å². The molecule has 3 aromatic rings. The highest BCUT2D eigenvalue weighted by molar-refractivity contribution is 5.80. The zero-order valence-electron chi connectivity index (χ0n) is 28.6. The van der Waals surface area contributed by atoms with E-state index in [0.717, 1.165) is 18.4 Å². The Morgan fingerprint density at radius 1 is 1.13 bits per heavy atom. The number of nitrogens with zero attached hydrogens (tertiary/aromatic N) is 4. The lowest BCUT2D eigenvalue weighted by Crippen LogP contribution is -2.45. The summed E-state index contributed by atoms with van der Waals surface area (Å²) in [4.78, 5) is 33.6. The van der Waals surface area contributed by atoms with Crippen molar-refractivity contribution in [1.82, 2.24) is 19.9 Å². The Labute approximate surface area is 277 Å². The average molecular weight is 648 g/mol. The van der Waals surface area contributed by atoms with Crippen LogP contribution in [-0.2, 0) is 36.8 Å². The van der Waals surface area contributed by atoms with Crippen LogP contribution in [0.5, 0.6) is 5.75 Å². The summed E-state index contributed by atoms with van der Waals surface area (Å²) < 4.78 is 25.5. The van der Waals surface area contributed by atoms with E-state index in [0.29, 0.717) is 60.5 Å². The number of anilines is 1. The molecule has 11 nitrogen and oxygen atoms in total. The van der Waals surface area contributed by atoms with Crippen molar-refractivity contribution in [2.75, 3.05) is 37.8 Å². The molecule has 1 aromatic carbocycles. The summed E-state index contributed by atoms with van der Waals surface area (Å²) in [6.07, 6.45) is 4.07. The fourth-order valence-electron chi connectivity index (χ4n) is 5.62. The molecular formula is C36H49N5O6. The number of esters is 1. The van der Waals surface area contributed by atoms with Gasteiger partial charge in [0.2, 0.25) is 5.91 Å². The van der Waals surface area contributed by atoms with Crippen molar-refractivity contribution in [2.24, 2.45) is 0 Å².